The molecular weight excluding hydrogens is 398 g/mol. The Morgan fingerprint density at radius 2 is 1.79 bits per heavy atom. The molecule has 0 aliphatic carbocycles. The van der Waals surface area contributed by atoms with Crippen LogP contribution in [0, 0.1) is 13.8 Å². The number of hydrogen-bond donors (Lipinski definition) is 1. The standard InChI is InChI=1S/C20H18ClN3O3S/c1-13-8-9-16(10-14(13)2)23-19(25)18-17(21)11-22-20(24-18)28(26,27)12-15-6-4-3-5-7-15/h3-11H,12H2,1-2H3,(H,23,25). The fourth-order valence-electron chi connectivity index (χ4n) is 2.53. The molecule has 1 aromatic heterocycles. The van der Waals surface area contributed by atoms with E-state index in [0.717, 1.165) is 17.3 Å². The lowest BCUT2D eigenvalue weighted by molar-refractivity contribution is 0.102. The molecule has 1 amide bonds. The Kier molecular flexibility index (Phi) is 5.76. The molecule has 0 atom stereocenters. The predicted molar refractivity (Wildman–Crippen MR) is 108 cm³/mol. The molecule has 8 heteroatoms. The molecular formula is C20H18ClN3O3S. The molecule has 0 radical (unpaired) electrons. The fraction of sp³-hybridized carbons (Fsp3) is 0.150. The van der Waals surface area contributed by atoms with Crippen LogP contribution in [0.1, 0.15) is 27.2 Å². The summed E-state index contributed by atoms with van der Waals surface area (Å²) in [7, 11) is -3.83. The number of carbonyl (C=O) groups excluding carboxylic acids is 1. The summed E-state index contributed by atoms with van der Waals surface area (Å²) in [6.45, 7) is 3.89. The molecule has 144 valence electrons. The first-order valence-electron chi connectivity index (χ1n) is 8.44. The van der Waals surface area contributed by atoms with Crippen LogP contribution in [0.25, 0.3) is 0 Å². The fourth-order valence-corrected chi connectivity index (χ4v) is 3.91. The third kappa shape index (κ3) is 4.55. The highest BCUT2D eigenvalue weighted by Gasteiger charge is 2.23. The minimum atomic E-state index is -3.83. The van der Waals surface area contributed by atoms with Crippen LogP contribution in [0.4, 0.5) is 5.69 Å². The smallest absolute Gasteiger partial charge is 0.275 e. The number of anilines is 1. The summed E-state index contributed by atoms with van der Waals surface area (Å²) < 4.78 is 25.3. The van der Waals surface area contributed by atoms with E-state index in [9.17, 15) is 13.2 Å². The van der Waals surface area contributed by atoms with Crippen molar-refractivity contribution in [1.29, 1.82) is 0 Å². The third-order valence-electron chi connectivity index (χ3n) is 4.18. The van der Waals surface area contributed by atoms with Crippen LogP contribution in [0.15, 0.2) is 59.9 Å². The van der Waals surface area contributed by atoms with Gasteiger partial charge in [0.15, 0.2) is 5.69 Å². The topological polar surface area (TPSA) is 89.0 Å². The Bertz CT molecular complexity index is 1130. The number of benzene rings is 2. The molecule has 3 aromatic rings. The Labute approximate surface area is 168 Å². The number of rotatable bonds is 5. The van der Waals surface area contributed by atoms with E-state index < -0.39 is 20.9 Å². The lowest BCUT2D eigenvalue weighted by Crippen LogP contribution is -2.18. The normalized spacial score (nSPS) is 11.2. The number of hydrogen-bond acceptors (Lipinski definition) is 5. The lowest BCUT2D eigenvalue weighted by atomic mass is 10.1. The third-order valence-corrected chi connectivity index (χ3v) is 5.92. The lowest BCUT2D eigenvalue weighted by Gasteiger charge is -2.09. The van der Waals surface area contributed by atoms with Gasteiger partial charge in [0.1, 0.15) is 0 Å². The molecule has 6 nitrogen and oxygen atoms in total. The monoisotopic (exact) mass is 415 g/mol. The number of carbonyl (C=O) groups is 1. The average Bonchev–Trinajstić information content (AvgIpc) is 2.65. The Morgan fingerprint density at radius 1 is 1.07 bits per heavy atom. The van der Waals surface area contributed by atoms with E-state index in [1.807, 2.05) is 26.0 Å². The SMILES string of the molecule is Cc1ccc(NC(=O)c2nc(S(=O)(=O)Cc3ccccc3)ncc2Cl)cc1C. The molecule has 3 rings (SSSR count). The zero-order valence-corrected chi connectivity index (χ0v) is 16.9. The van der Waals surface area contributed by atoms with Crippen molar-refractivity contribution in [2.24, 2.45) is 0 Å². The van der Waals surface area contributed by atoms with Gasteiger partial charge in [0.25, 0.3) is 5.91 Å². The quantitative estimate of drug-likeness (QED) is 0.637. The first kappa shape index (κ1) is 20.0. The van der Waals surface area contributed by atoms with Crippen LogP contribution in [-0.4, -0.2) is 24.3 Å². The summed E-state index contributed by atoms with van der Waals surface area (Å²) in [5, 5.41) is 2.22. The number of aromatic nitrogens is 2. The summed E-state index contributed by atoms with van der Waals surface area (Å²) in [6, 6.07) is 14.1. The molecule has 0 aliphatic rings. The molecule has 0 saturated carbocycles. The number of halogens is 1. The van der Waals surface area contributed by atoms with Crippen molar-refractivity contribution in [3.8, 4) is 0 Å². The van der Waals surface area contributed by atoms with Crippen molar-refractivity contribution in [2.75, 3.05) is 5.32 Å². The van der Waals surface area contributed by atoms with Crippen molar-refractivity contribution in [3.05, 3.63) is 82.1 Å². The van der Waals surface area contributed by atoms with Gasteiger partial charge in [-0.05, 0) is 42.7 Å². The van der Waals surface area contributed by atoms with E-state index in [1.54, 1.807) is 36.4 Å². The molecule has 1 heterocycles. The van der Waals surface area contributed by atoms with Crippen LogP contribution in [-0.2, 0) is 15.6 Å². The summed E-state index contributed by atoms with van der Waals surface area (Å²) in [5.41, 5.74) is 3.07. The summed E-state index contributed by atoms with van der Waals surface area (Å²) >= 11 is 6.04. The van der Waals surface area contributed by atoms with E-state index in [1.165, 1.54) is 0 Å². The van der Waals surface area contributed by atoms with E-state index in [4.69, 9.17) is 11.6 Å². The van der Waals surface area contributed by atoms with Crippen molar-refractivity contribution < 1.29 is 13.2 Å². The minimum Gasteiger partial charge on any atom is -0.321 e. The van der Waals surface area contributed by atoms with Gasteiger partial charge >= 0.3 is 0 Å². The van der Waals surface area contributed by atoms with Gasteiger partial charge in [-0.2, -0.15) is 0 Å². The maximum absolute atomic E-state index is 12.6. The summed E-state index contributed by atoms with van der Waals surface area (Å²) in [6.07, 6.45) is 1.13. The van der Waals surface area contributed by atoms with Gasteiger partial charge < -0.3 is 5.32 Å². The van der Waals surface area contributed by atoms with Crippen molar-refractivity contribution in [1.82, 2.24) is 9.97 Å². The highest BCUT2D eigenvalue weighted by atomic mass is 35.5. The first-order valence-corrected chi connectivity index (χ1v) is 10.5. The summed E-state index contributed by atoms with van der Waals surface area (Å²) in [4.78, 5) is 20.3. The molecule has 0 saturated heterocycles. The molecule has 0 unspecified atom stereocenters. The minimum absolute atomic E-state index is 0.0278. The van der Waals surface area contributed by atoms with Gasteiger partial charge in [-0.25, -0.2) is 18.4 Å². The molecule has 1 N–H and O–H groups in total. The molecule has 0 spiro atoms. The number of amides is 1. The second-order valence-corrected chi connectivity index (χ2v) is 8.64. The number of nitrogens with one attached hydrogen (secondary N) is 1. The molecule has 28 heavy (non-hydrogen) atoms. The second-order valence-electron chi connectivity index (χ2n) is 6.35. The van der Waals surface area contributed by atoms with Crippen LogP contribution in [0.3, 0.4) is 0 Å². The van der Waals surface area contributed by atoms with Gasteiger partial charge in [0, 0.05) is 5.69 Å². The van der Waals surface area contributed by atoms with Gasteiger partial charge in [-0.15, -0.1) is 0 Å². The molecule has 0 aliphatic heterocycles. The van der Waals surface area contributed by atoms with Gasteiger partial charge in [-0.1, -0.05) is 48.0 Å². The Morgan fingerprint density at radius 3 is 2.46 bits per heavy atom. The predicted octanol–water partition coefficient (Wildman–Crippen LogP) is 3.97. The number of aryl methyl sites for hydroxylation is 2. The van der Waals surface area contributed by atoms with Gasteiger partial charge in [0.05, 0.1) is 17.0 Å². The van der Waals surface area contributed by atoms with E-state index >= 15 is 0 Å². The Hall–Kier alpha value is -2.77. The van der Waals surface area contributed by atoms with E-state index in [0.29, 0.717) is 11.3 Å². The van der Waals surface area contributed by atoms with Crippen LogP contribution in [0.2, 0.25) is 5.02 Å². The molecule has 0 bridgehead atoms. The van der Waals surface area contributed by atoms with Gasteiger partial charge in [0.2, 0.25) is 15.0 Å². The van der Waals surface area contributed by atoms with Crippen LogP contribution in [0.5, 0.6) is 0 Å². The van der Waals surface area contributed by atoms with Crippen molar-refractivity contribution >= 4 is 33.0 Å². The van der Waals surface area contributed by atoms with Crippen molar-refractivity contribution in [3.63, 3.8) is 0 Å². The first-order chi connectivity index (χ1) is 13.3. The zero-order valence-electron chi connectivity index (χ0n) is 15.3. The van der Waals surface area contributed by atoms with E-state index in [2.05, 4.69) is 15.3 Å². The number of nitrogens with zero attached hydrogens (tertiary/aromatic N) is 2. The second kappa shape index (κ2) is 8.08. The molecule has 2 aromatic carbocycles. The molecule has 0 fully saturated rings. The largest absolute Gasteiger partial charge is 0.321 e. The van der Waals surface area contributed by atoms with Crippen molar-refractivity contribution in [2.45, 2.75) is 24.8 Å². The zero-order chi connectivity index (χ0) is 20.3. The Balaban J connectivity index is 1.88. The number of sulfone groups is 1. The van der Waals surface area contributed by atoms with Gasteiger partial charge in [-0.3, -0.25) is 4.79 Å². The maximum Gasteiger partial charge on any atom is 0.275 e. The van der Waals surface area contributed by atoms with Crippen LogP contribution >= 0.6 is 11.6 Å². The van der Waals surface area contributed by atoms with Crippen LogP contribution < -0.4 is 5.32 Å². The summed E-state index contributed by atoms with van der Waals surface area (Å²) in [5.74, 6) is -0.875. The van der Waals surface area contributed by atoms with E-state index in [-0.39, 0.29) is 16.5 Å². The average molecular weight is 416 g/mol. The highest BCUT2D eigenvalue weighted by Crippen LogP contribution is 2.20. The maximum atomic E-state index is 12.6. The highest BCUT2D eigenvalue weighted by molar-refractivity contribution is 7.90.